The zero-order chi connectivity index (χ0) is 25.5. The summed E-state index contributed by atoms with van der Waals surface area (Å²) in [7, 11) is 1.47. The summed E-state index contributed by atoms with van der Waals surface area (Å²) in [5.74, 6) is -0.385. The largest absolute Gasteiger partial charge is 0.500 e. The number of allylic oxidation sites excluding steroid dienone is 1. The summed E-state index contributed by atoms with van der Waals surface area (Å²) in [4.78, 5) is 25.3. The van der Waals surface area contributed by atoms with E-state index < -0.39 is 35.3 Å². The fourth-order valence-corrected chi connectivity index (χ4v) is 3.49. The number of amides is 1. The fraction of sp³-hybridized carbons (Fsp3) is 0.520. The second kappa shape index (κ2) is 11.6. The number of nitrogens with one attached hydrogen (secondary N) is 1. The van der Waals surface area contributed by atoms with Crippen LogP contribution in [-0.4, -0.2) is 37.3 Å². The van der Waals surface area contributed by atoms with E-state index in [1.807, 2.05) is 20.8 Å². The molecule has 1 amide bonds. The van der Waals surface area contributed by atoms with E-state index in [-0.39, 0.29) is 19.6 Å². The number of halogens is 3. The van der Waals surface area contributed by atoms with Gasteiger partial charge in [0.25, 0.3) is 5.91 Å². The highest BCUT2D eigenvalue weighted by Gasteiger charge is 2.31. The molecule has 0 fully saturated rings. The lowest BCUT2D eigenvalue weighted by Gasteiger charge is -2.28. The third-order valence-electron chi connectivity index (χ3n) is 5.04. The van der Waals surface area contributed by atoms with Crippen LogP contribution >= 0.6 is 0 Å². The van der Waals surface area contributed by atoms with Gasteiger partial charge in [-0.3, -0.25) is 4.79 Å². The highest BCUT2D eigenvalue weighted by molar-refractivity contribution is 5.97. The average Bonchev–Trinajstić information content (AvgIpc) is 2.76. The molecular weight excluding hydrogens is 451 g/mol. The molecule has 1 atom stereocenters. The number of rotatable bonds is 9. The Morgan fingerprint density at radius 2 is 1.74 bits per heavy atom. The maximum absolute atomic E-state index is 12.9. The Labute approximate surface area is 198 Å². The molecule has 0 aromatic heterocycles. The van der Waals surface area contributed by atoms with Gasteiger partial charge in [0.1, 0.15) is 5.76 Å². The lowest BCUT2D eigenvalue weighted by atomic mass is 9.93. The number of hydrogen-bond donors (Lipinski definition) is 1. The molecule has 0 saturated heterocycles. The first kappa shape index (κ1) is 27.4. The van der Waals surface area contributed by atoms with Crippen molar-refractivity contribution in [3.8, 4) is 0 Å². The summed E-state index contributed by atoms with van der Waals surface area (Å²) >= 11 is 0. The number of benzene rings is 1. The number of alkyl halides is 3. The highest BCUT2D eigenvalue weighted by atomic mass is 19.4. The van der Waals surface area contributed by atoms with Gasteiger partial charge in [-0.2, -0.15) is 13.2 Å². The number of methoxy groups -OCH3 is 1. The lowest BCUT2D eigenvalue weighted by molar-refractivity contribution is -0.165. The van der Waals surface area contributed by atoms with E-state index in [9.17, 15) is 22.8 Å². The molecule has 0 radical (unpaired) electrons. The standard InChI is InChI=1S/C25H32F3NO5/c1-6-33-23(31)21(34-24(2,3)4)14-17-9-12-20(32-5)19(13-17)22(30)29-15-16-7-10-18(11-8-16)25(26,27)28/h7-8,10-11,13,21H,6,9,12,14-15H2,1-5H3,(H,29,30). The van der Waals surface area contributed by atoms with Crippen LogP contribution in [0, 0.1) is 0 Å². The van der Waals surface area contributed by atoms with Gasteiger partial charge in [0.05, 0.1) is 30.5 Å². The molecule has 9 heteroatoms. The Kier molecular flexibility index (Phi) is 9.32. The smallest absolute Gasteiger partial charge is 0.416 e. The first-order valence-electron chi connectivity index (χ1n) is 11.1. The Morgan fingerprint density at radius 3 is 2.26 bits per heavy atom. The molecule has 1 aliphatic carbocycles. The van der Waals surface area contributed by atoms with Crippen LogP contribution in [0.5, 0.6) is 0 Å². The van der Waals surface area contributed by atoms with Crippen LogP contribution in [0.4, 0.5) is 13.2 Å². The van der Waals surface area contributed by atoms with Crippen molar-refractivity contribution in [3.63, 3.8) is 0 Å². The number of esters is 1. The SMILES string of the molecule is CCOC(=O)C(CC1=CC(C(=O)NCc2ccc(C(F)(F)F)cc2)=C(OC)CC1)OC(C)(C)C. The van der Waals surface area contributed by atoms with E-state index in [1.165, 1.54) is 19.2 Å². The van der Waals surface area contributed by atoms with Crippen LogP contribution in [0.3, 0.4) is 0 Å². The molecule has 0 spiro atoms. The first-order chi connectivity index (χ1) is 15.8. The molecule has 2 rings (SSSR count). The van der Waals surface area contributed by atoms with Crippen LogP contribution in [0.2, 0.25) is 0 Å². The number of hydrogen-bond acceptors (Lipinski definition) is 5. The van der Waals surface area contributed by atoms with Gasteiger partial charge in [0.15, 0.2) is 6.10 Å². The molecule has 0 saturated carbocycles. The third kappa shape index (κ3) is 8.20. The monoisotopic (exact) mass is 483 g/mol. The van der Waals surface area contributed by atoms with Gasteiger partial charge in [0.2, 0.25) is 0 Å². The predicted octanol–water partition coefficient (Wildman–Crippen LogP) is 5.08. The zero-order valence-corrected chi connectivity index (χ0v) is 20.2. The summed E-state index contributed by atoms with van der Waals surface area (Å²) in [6.07, 6.45) is -2.22. The van der Waals surface area contributed by atoms with Gasteiger partial charge < -0.3 is 19.5 Å². The average molecular weight is 484 g/mol. The van der Waals surface area contributed by atoms with Crippen molar-refractivity contribution >= 4 is 11.9 Å². The van der Waals surface area contributed by atoms with Crippen molar-refractivity contribution in [1.29, 1.82) is 0 Å². The molecule has 1 aromatic carbocycles. The molecule has 0 bridgehead atoms. The number of ether oxygens (including phenoxy) is 3. The third-order valence-corrected chi connectivity index (χ3v) is 5.04. The van der Waals surface area contributed by atoms with E-state index in [1.54, 1.807) is 13.0 Å². The van der Waals surface area contributed by atoms with E-state index in [0.717, 1.165) is 17.7 Å². The second-order valence-corrected chi connectivity index (χ2v) is 8.90. The second-order valence-electron chi connectivity index (χ2n) is 8.90. The summed E-state index contributed by atoms with van der Waals surface area (Å²) in [5, 5.41) is 2.72. The van der Waals surface area contributed by atoms with E-state index >= 15 is 0 Å². The normalized spacial score (nSPS) is 15.5. The molecule has 1 aromatic rings. The highest BCUT2D eigenvalue weighted by Crippen LogP contribution is 2.30. The lowest BCUT2D eigenvalue weighted by Crippen LogP contribution is -2.35. The summed E-state index contributed by atoms with van der Waals surface area (Å²) in [6, 6.07) is 4.60. The topological polar surface area (TPSA) is 73.9 Å². The Balaban J connectivity index is 2.14. The van der Waals surface area contributed by atoms with Crippen LogP contribution < -0.4 is 5.32 Å². The Hall–Kier alpha value is -2.81. The van der Waals surface area contributed by atoms with Crippen molar-refractivity contribution in [3.05, 3.63) is 58.4 Å². The molecule has 0 heterocycles. The molecule has 188 valence electrons. The van der Waals surface area contributed by atoms with Crippen LogP contribution in [0.1, 0.15) is 58.1 Å². The summed E-state index contributed by atoms with van der Waals surface area (Å²) in [5.41, 5.74) is 0.362. The zero-order valence-electron chi connectivity index (χ0n) is 20.2. The summed E-state index contributed by atoms with van der Waals surface area (Å²) in [6.45, 7) is 7.54. The van der Waals surface area contributed by atoms with E-state index in [2.05, 4.69) is 5.32 Å². The van der Waals surface area contributed by atoms with E-state index in [4.69, 9.17) is 14.2 Å². The van der Waals surface area contributed by atoms with Gasteiger partial charge >= 0.3 is 12.1 Å². The number of carbonyl (C=O) groups excluding carboxylic acids is 2. The molecular formula is C25H32F3NO5. The fourth-order valence-electron chi connectivity index (χ4n) is 3.49. The van der Waals surface area contributed by atoms with Crippen LogP contribution in [-0.2, 0) is 36.5 Å². The number of carbonyl (C=O) groups is 2. The van der Waals surface area contributed by atoms with E-state index in [0.29, 0.717) is 29.7 Å². The Morgan fingerprint density at radius 1 is 1.09 bits per heavy atom. The van der Waals surface area contributed by atoms with Gasteiger partial charge in [-0.25, -0.2) is 4.79 Å². The Bertz CT molecular complexity index is 927. The minimum Gasteiger partial charge on any atom is -0.500 e. The quantitative estimate of drug-likeness (QED) is 0.496. The minimum atomic E-state index is -4.42. The first-order valence-corrected chi connectivity index (χ1v) is 11.1. The molecule has 1 aliphatic rings. The minimum absolute atomic E-state index is 0.0548. The predicted molar refractivity (Wildman–Crippen MR) is 121 cm³/mol. The maximum atomic E-state index is 12.9. The molecule has 1 N–H and O–H groups in total. The molecule has 34 heavy (non-hydrogen) atoms. The maximum Gasteiger partial charge on any atom is 0.416 e. The van der Waals surface area contributed by atoms with Crippen molar-refractivity contribution in [2.45, 2.75) is 71.4 Å². The van der Waals surface area contributed by atoms with Gasteiger partial charge in [0, 0.05) is 19.4 Å². The summed E-state index contributed by atoms with van der Waals surface area (Å²) < 4.78 is 54.6. The van der Waals surface area contributed by atoms with Gasteiger partial charge in [-0.15, -0.1) is 0 Å². The molecule has 0 aliphatic heterocycles. The molecule has 6 nitrogen and oxygen atoms in total. The van der Waals surface area contributed by atoms with Crippen molar-refractivity contribution in [1.82, 2.24) is 5.32 Å². The van der Waals surface area contributed by atoms with Crippen molar-refractivity contribution in [2.75, 3.05) is 13.7 Å². The van der Waals surface area contributed by atoms with Crippen LogP contribution in [0.15, 0.2) is 47.2 Å². The molecule has 1 unspecified atom stereocenters. The van der Waals surface area contributed by atoms with Crippen molar-refractivity contribution < 1.29 is 37.0 Å². The van der Waals surface area contributed by atoms with Crippen molar-refractivity contribution in [2.24, 2.45) is 0 Å². The van der Waals surface area contributed by atoms with Gasteiger partial charge in [-0.05, 0) is 57.9 Å². The van der Waals surface area contributed by atoms with Gasteiger partial charge in [-0.1, -0.05) is 17.7 Å². The van der Waals surface area contributed by atoms with Crippen LogP contribution in [0.25, 0.3) is 0 Å².